The molecule has 3 aromatic carbocycles. The lowest BCUT2D eigenvalue weighted by Crippen LogP contribution is -2.47. The Morgan fingerprint density at radius 1 is 0.871 bits per heavy atom. The standard InChI is InChI=1S/C23H18ClFN2O4/c1-14(31-18-12-10-17(25)11-13-18)22(29)26-27-23(30)20-5-3-2-4-19(20)21(28)15-6-8-16(24)9-7-15/h2-14H,1H3,(H,26,29)(H,27,30). The van der Waals surface area contributed by atoms with E-state index in [2.05, 4.69) is 10.9 Å². The van der Waals surface area contributed by atoms with E-state index in [9.17, 15) is 18.8 Å². The summed E-state index contributed by atoms with van der Waals surface area (Å²) in [4.78, 5) is 37.6. The fraction of sp³-hybridized carbons (Fsp3) is 0.0870. The van der Waals surface area contributed by atoms with Crippen LogP contribution in [0.15, 0.2) is 72.8 Å². The first-order valence-corrected chi connectivity index (χ1v) is 9.64. The van der Waals surface area contributed by atoms with Crippen molar-refractivity contribution < 1.29 is 23.5 Å². The average Bonchev–Trinajstić information content (AvgIpc) is 2.78. The number of carbonyl (C=O) groups is 3. The van der Waals surface area contributed by atoms with Crippen LogP contribution in [0.25, 0.3) is 0 Å². The van der Waals surface area contributed by atoms with Crippen molar-refractivity contribution in [3.63, 3.8) is 0 Å². The van der Waals surface area contributed by atoms with Crippen molar-refractivity contribution in [2.45, 2.75) is 13.0 Å². The zero-order valence-corrected chi connectivity index (χ0v) is 17.2. The maximum absolute atomic E-state index is 13.0. The highest BCUT2D eigenvalue weighted by Crippen LogP contribution is 2.17. The number of benzene rings is 3. The third-order valence-electron chi connectivity index (χ3n) is 4.32. The molecule has 0 aliphatic heterocycles. The van der Waals surface area contributed by atoms with Gasteiger partial charge in [0.15, 0.2) is 11.9 Å². The molecule has 0 spiro atoms. The summed E-state index contributed by atoms with van der Waals surface area (Å²) < 4.78 is 18.4. The monoisotopic (exact) mass is 440 g/mol. The fourth-order valence-electron chi connectivity index (χ4n) is 2.69. The topological polar surface area (TPSA) is 84.5 Å². The highest BCUT2D eigenvalue weighted by atomic mass is 35.5. The van der Waals surface area contributed by atoms with Crippen LogP contribution in [0.2, 0.25) is 5.02 Å². The molecule has 3 aromatic rings. The molecule has 2 amide bonds. The van der Waals surface area contributed by atoms with Gasteiger partial charge in [0, 0.05) is 16.1 Å². The molecule has 31 heavy (non-hydrogen) atoms. The van der Waals surface area contributed by atoms with Crippen LogP contribution in [-0.2, 0) is 4.79 Å². The summed E-state index contributed by atoms with van der Waals surface area (Å²) in [5.74, 6) is -1.78. The Morgan fingerprint density at radius 2 is 1.48 bits per heavy atom. The number of hydrogen-bond acceptors (Lipinski definition) is 4. The van der Waals surface area contributed by atoms with E-state index in [4.69, 9.17) is 16.3 Å². The summed E-state index contributed by atoms with van der Waals surface area (Å²) in [6, 6.07) is 17.7. The van der Waals surface area contributed by atoms with Crippen molar-refractivity contribution in [1.82, 2.24) is 10.9 Å². The van der Waals surface area contributed by atoms with Crippen LogP contribution in [0.3, 0.4) is 0 Å². The zero-order chi connectivity index (χ0) is 22.4. The van der Waals surface area contributed by atoms with Crippen LogP contribution in [0.5, 0.6) is 5.75 Å². The quantitative estimate of drug-likeness (QED) is 0.449. The van der Waals surface area contributed by atoms with E-state index >= 15 is 0 Å². The van der Waals surface area contributed by atoms with Crippen molar-refractivity contribution in [2.24, 2.45) is 0 Å². The summed E-state index contributed by atoms with van der Waals surface area (Å²) in [7, 11) is 0. The van der Waals surface area contributed by atoms with Gasteiger partial charge in [-0.25, -0.2) is 4.39 Å². The first kappa shape index (κ1) is 22.0. The molecule has 3 rings (SSSR count). The van der Waals surface area contributed by atoms with Crippen molar-refractivity contribution in [1.29, 1.82) is 0 Å². The van der Waals surface area contributed by atoms with Crippen LogP contribution in [-0.4, -0.2) is 23.7 Å². The average molecular weight is 441 g/mol. The van der Waals surface area contributed by atoms with Gasteiger partial charge in [0.2, 0.25) is 0 Å². The van der Waals surface area contributed by atoms with Gasteiger partial charge < -0.3 is 4.74 Å². The SMILES string of the molecule is CC(Oc1ccc(F)cc1)C(=O)NNC(=O)c1ccccc1C(=O)c1ccc(Cl)cc1. The second-order valence-electron chi connectivity index (χ2n) is 6.54. The van der Waals surface area contributed by atoms with Crippen molar-refractivity contribution in [2.75, 3.05) is 0 Å². The molecule has 0 bridgehead atoms. The largest absolute Gasteiger partial charge is 0.481 e. The second-order valence-corrected chi connectivity index (χ2v) is 6.98. The molecule has 1 unspecified atom stereocenters. The molecule has 0 aliphatic carbocycles. The van der Waals surface area contributed by atoms with Crippen molar-refractivity contribution >= 4 is 29.2 Å². The van der Waals surface area contributed by atoms with Gasteiger partial charge in [-0.05, 0) is 61.5 Å². The van der Waals surface area contributed by atoms with E-state index in [0.717, 1.165) is 0 Å². The molecule has 0 saturated carbocycles. The number of nitrogens with one attached hydrogen (secondary N) is 2. The molecule has 0 heterocycles. The molecule has 0 aliphatic rings. The summed E-state index contributed by atoms with van der Waals surface area (Å²) in [6.45, 7) is 1.48. The number of ketones is 1. The van der Waals surface area contributed by atoms with E-state index in [0.29, 0.717) is 16.3 Å². The van der Waals surface area contributed by atoms with E-state index in [1.165, 1.54) is 43.3 Å². The number of amides is 2. The Kier molecular flexibility index (Phi) is 6.99. The van der Waals surface area contributed by atoms with Gasteiger partial charge in [0.25, 0.3) is 11.8 Å². The number of hydrazine groups is 1. The molecular formula is C23H18ClFN2O4. The van der Waals surface area contributed by atoms with Gasteiger partial charge >= 0.3 is 0 Å². The lowest BCUT2D eigenvalue weighted by molar-refractivity contribution is -0.128. The van der Waals surface area contributed by atoms with Gasteiger partial charge in [0.1, 0.15) is 11.6 Å². The van der Waals surface area contributed by atoms with E-state index < -0.39 is 23.7 Å². The first-order chi connectivity index (χ1) is 14.8. The zero-order valence-electron chi connectivity index (χ0n) is 16.4. The van der Waals surface area contributed by atoms with Gasteiger partial charge in [-0.1, -0.05) is 29.8 Å². The smallest absolute Gasteiger partial charge is 0.279 e. The Balaban J connectivity index is 1.65. The summed E-state index contributed by atoms with van der Waals surface area (Å²) >= 11 is 5.86. The summed E-state index contributed by atoms with van der Waals surface area (Å²) in [5, 5.41) is 0.488. The third kappa shape index (κ3) is 5.67. The van der Waals surface area contributed by atoms with E-state index in [1.807, 2.05) is 0 Å². The minimum Gasteiger partial charge on any atom is -0.481 e. The highest BCUT2D eigenvalue weighted by Gasteiger charge is 2.20. The van der Waals surface area contributed by atoms with E-state index in [-0.39, 0.29) is 16.9 Å². The molecule has 6 nitrogen and oxygen atoms in total. The number of ether oxygens (including phenoxy) is 1. The number of halogens is 2. The third-order valence-corrected chi connectivity index (χ3v) is 4.57. The predicted molar refractivity (Wildman–Crippen MR) is 113 cm³/mol. The summed E-state index contributed by atoms with van der Waals surface area (Å²) in [6.07, 6.45) is -0.961. The Morgan fingerprint density at radius 3 is 2.13 bits per heavy atom. The molecule has 1 atom stereocenters. The number of carbonyl (C=O) groups excluding carboxylic acids is 3. The van der Waals surface area contributed by atoms with Crippen LogP contribution in [0.4, 0.5) is 4.39 Å². The Labute approximate surface area is 183 Å². The van der Waals surface area contributed by atoms with Gasteiger partial charge in [-0.15, -0.1) is 0 Å². The number of hydrogen-bond donors (Lipinski definition) is 2. The predicted octanol–water partition coefficient (Wildman–Crippen LogP) is 3.94. The van der Waals surface area contributed by atoms with Gasteiger partial charge in [0.05, 0.1) is 5.56 Å². The normalized spacial score (nSPS) is 11.3. The molecule has 158 valence electrons. The highest BCUT2D eigenvalue weighted by molar-refractivity contribution is 6.30. The lowest BCUT2D eigenvalue weighted by Gasteiger charge is -2.15. The van der Waals surface area contributed by atoms with Crippen molar-refractivity contribution in [3.05, 3.63) is 100 Å². The molecular weight excluding hydrogens is 423 g/mol. The molecule has 0 aromatic heterocycles. The lowest BCUT2D eigenvalue weighted by atomic mass is 9.98. The van der Waals surface area contributed by atoms with Gasteiger partial charge in [-0.3, -0.25) is 25.2 Å². The second kappa shape index (κ2) is 9.86. The minimum absolute atomic E-state index is 0.0925. The van der Waals surface area contributed by atoms with Crippen LogP contribution >= 0.6 is 11.6 Å². The molecule has 0 saturated heterocycles. The maximum Gasteiger partial charge on any atom is 0.279 e. The maximum atomic E-state index is 13.0. The van der Waals surface area contributed by atoms with Crippen molar-refractivity contribution in [3.8, 4) is 5.75 Å². The van der Waals surface area contributed by atoms with Crippen LogP contribution in [0, 0.1) is 5.82 Å². The molecule has 0 radical (unpaired) electrons. The first-order valence-electron chi connectivity index (χ1n) is 9.27. The van der Waals surface area contributed by atoms with Gasteiger partial charge in [-0.2, -0.15) is 0 Å². The van der Waals surface area contributed by atoms with Crippen LogP contribution in [0.1, 0.15) is 33.2 Å². The van der Waals surface area contributed by atoms with E-state index in [1.54, 1.807) is 36.4 Å². The Bertz CT molecular complexity index is 1100. The van der Waals surface area contributed by atoms with Crippen LogP contribution < -0.4 is 15.6 Å². The number of rotatable bonds is 6. The molecule has 2 N–H and O–H groups in total. The summed E-state index contributed by atoms with van der Waals surface area (Å²) in [5.41, 5.74) is 5.17. The fourth-order valence-corrected chi connectivity index (χ4v) is 2.82. The molecule has 8 heteroatoms. The molecule has 0 fully saturated rings. The Hall–Kier alpha value is -3.71. The minimum atomic E-state index is -0.961.